The fourth-order valence-corrected chi connectivity index (χ4v) is 3.23. The lowest BCUT2D eigenvalue weighted by atomic mass is 10.1. The van der Waals surface area contributed by atoms with Crippen molar-refractivity contribution < 1.29 is 0 Å². The second kappa shape index (κ2) is 3.90. The lowest BCUT2D eigenvalue weighted by molar-refractivity contribution is 1.09. The topological polar surface area (TPSA) is 0 Å². The van der Waals surface area contributed by atoms with Crippen molar-refractivity contribution in [2.24, 2.45) is 0 Å². The van der Waals surface area contributed by atoms with Crippen LogP contribution < -0.4 is 0 Å². The van der Waals surface area contributed by atoms with Crippen molar-refractivity contribution in [2.75, 3.05) is 0 Å². The lowest BCUT2D eigenvalue weighted by Gasteiger charge is -2.05. The van der Waals surface area contributed by atoms with E-state index in [4.69, 9.17) is 0 Å². The average molecular weight is 325 g/mol. The van der Waals surface area contributed by atoms with Gasteiger partial charge in [0.15, 0.2) is 0 Å². The summed E-state index contributed by atoms with van der Waals surface area (Å²) < 4.78 is 2.54. The Balaban J connectivity index is 3.25. The quantitative estimate of drug-likeness (QED) is 0.687. The van der Waals surface area contributed by atoms with Crippen molar-refractivity contribution in [1.82, 2.24) is 0 Å². The summed E-state index contributed by atoms with van der Waals surface area (Å²) in [7, 11) is 0. The molecule has 0 heterocycles. The first-order valence-corrected chi connectivity index (χ1v) is 5.47. The molecule has 0 radical (unpaired) electrons. The molecule has 0 N–H and O–H groups in total. The van der Waals surface area contributed by atoms with E-state index < -0.39 is 0 Å². The lowest BCUT2D eigenvalue weighted by Crippen LogP contribution is -1.89. The van der Waals surface area contributed by atoms with E-state index in [0.29, 0.717) is 0 Å². The van der Waals surface area contributed by atoms with Crippen molar-refractivity contribution in [1.29, 1.82) is 0 Å². The minimum atomic E-state index is 1.10. The fraction of sp³-hybridized carbons (Fsp3) is 0.333. The summed E-state index contributed by atoms with van der Waals surface area (Å²) in [5, 5.41) is 0. The summed E-state index contributed by atoms with van der Waals surface area (Å²) in [5.41, 5.74) is 2.80. The standard InChI is InChI=1S/C9H10BrI/c1-3-8-6(2)4-7(11)5-9(8)10/h4-5H,3H2,1-2H3. The van der Waals surface area contributed by atoms with Gasteiger partial charge in [0.25, 0.3) is 0 Å². The molecule has 60 valence electrons. The average Bonchev–Trinajstić information content (AvgIpc) is 1.85. The summed E-state index contributed by atoms with van der Waals surface area (Å²) in [5.74, 6) is 0. The van der Waals surface area contributed by atoms with Crippen LogP contribution in [0.5, 0.6) is 0 Å². The SMILES string of the molecule is CCc1c(C)cc(I)cc1Br. The zero-order valence-electron chi connectivity index (χ0n) is 6.62. The van der Waals surface area contributed by atoms with E-state index in [9.17, 15) is 0 Å². The Bertz CT molecular complexity index is 245. The van der Waals surface area contributed by atoms with Crippen molar-refractivity contribution in [3.8, 4) is 0 Å². The maximum absolute atomic E-state index is 3.55. The third-order valence-corrected chi connectivity index (χ3v) is 3.07. The molecule has 0 atom stereocenters. The highest BCUT2D eigenvalue weighted by atomic mass is 127. The Labute approximate surface area is 89.7 Å². The molecule has 0 nitrogen and oxygen atoms in total. The third kappa shape index (κ3) is 2.18. The molecule has 0 bridgehead atoms. The Kier molecular flexibility index (Phi) is 3.37. The van der Waals surface area contributed by atoms with Gasteiger partial charge in [0, 0.05) is 8.04 Å². The van der Waals surface area contributed by atoms with E-state index in [-0.39, 0.29) is 0 Å². The molecule has 0 saturated carbocycles. The van der Waals surface area contributed by atoms with Crippen molar-refractivity contribution in [2.45, 2.75) is 20.3 Å². The molecule has 0 amide bonds. The Morgan fingerprint density at radius 3 is 2.55 bits per heavy atom. The van der Waals surface area contributed by atoms with Crippen LogP contribution in [-0.2, 0) is 6.42 Å². The maximum Gasteiger partial charge on any atom is 0.0220 e. The predicted molar refractivity (Wildman–Crippen MR) is 61.0 cm³/mol. The van der Waals surface area contributed by atoms with Crippen LogP contribution in [0.1, 0.15) is 18.1 Å². The van der Waals surface area contributed by atoms with E-state index >= 15 is 0 Å². The summed E-state index contributed by atoms with van der Waals surface area (Å²) in [4.78, 5) is 0. The van der Waals surface area contributed by atoms with Gasteiger partial charge in [-0.3, -0.25) is 0 Å². The first-order valence-electron chi connectivity index (χ1n) is 3.59. The van der Waals surface area contributed by atoms with E-state index in [1.165, 1.54) is 19.2 Å². The van der Waals surface area contributed by atoms with E-state index in [2.05, 4.69) is 64.5 Å². The van der Waals surface area contributed by atoms with Gasteiger partial charge in [-0.1, -0.05) is 22.9 Å². The van der Waals surface area contributed by atoms with Gasteiger partial charge in [0.2, 0.25) is 0 Å². The number of aryl methyl sites for hydroxylation is 1. The van der Waals surface area contributed by atoms with Gasteiger partial charge >= 0.3 is 0 Å². The molecule has 0 unspecified atom stereocenters. The number of benzene rings is 1. The highest BCUT2D eigenvalue weighted by Crippen LogP contribution is 2.23. The molecule has 0 aliphatic rings. The fourth-order valence-electron chi connectivity index (χ4n) is 1.18. The summed E-state index contributed by atoms with van der Waals surface area (Å²) in [6.07, 6.45) is 1.10. The van der Waals surface area contributed by atoms with Crippen LogP contribution in [0, 0.1) is 10.5 Å². The zero-order chi connectivity index (χ0) is 8.43. The van der Waals surface area contributed by atoms with E-state index in [0.717, 1.165) is 6.42 Å². The Morgan fingerprint density at radius 1 is 1.45 bits per heavy atom. The van der Waals surface area contributed by atoms with Gasteiger partial charge in [-0.15, -0.1) is 0 Å². The number of hydrogen-bond acceptors (Lipinski definition) is 0. The minimum absolute atomic E-state index is 1.10. The van der Waals surface area contributed by atoms with Crippen LogP contribution in [0.3, 0.4) is 0 Å². The van der Waals surface area contributed by atoms with Crippen LogP contribution in [0.25, 0.3) is 0 Å². The molecule has 1 aromatic carbocycles. The number of halogens is 2. The molecule has 0 aromatic heterocycles. The highest BCUT2D eigenvalue weighted by Gasteiger charge is 2.01. The van der Waals surface area contributed by atoms with Crippen LogP contribution in [-0.4, -0.2) is 0 Å². The normalized spacial score (nSPS) is 10.2. The molecule has 11 heavy (non-hydrogen) atoms. The Morgan fingerprint density at radius 2 is 2.09 bits per heavy atom. The first-order chi connectivity index (χ1) is 5.15. The molecule has 1 aromatic rings. The summed E-state index contributed by atoms with van der Waals surface area (Å²) >= 11 is 5.89. The molecular formula is C9H10BrI. The van der Waals surface area contributed by atoms with Crippen molar-refractivity contribution >= 4 is 38.5 Å². The van der Waals surface area contributed by atoms with Crippen LogP contribution in [0.4, 0.5) is 0 Å². The molecule has 0 aliphatic carbocycles. The van der Waals surface area contributed by atoms with Gasteiger partial charge < -0.3 is 0 Å². The van der Waals surface area contributed by atoms with Crippen LogP contribution in [0.2, 0.25) is 0 Å². The largest absolute Gasteiger partial charge is 0.0612 e. The van der Waals surface area contributed by atoms with Gasteiger partial charge in [0.05, 0.1) is 0 Å². The third-order valence-electron chi connectivity index (χ3n) is 1.74. The monoisotopic (exact) mass is 324 g/mol. The second-order valence-electron chi connectivity index (χ2n) is 2.54. The zero-order valence-corrected chi connectivity index (χ0v) is 10.4. The molecule has 2 heteroatoms. The highest BCUT2D eigenvalue weighted by molar-refractivity contribution is 14.1. The minimum Gasteiger partial charge on any atom is -0.0612 e. The first kappa shape index (κ1) is 9.52. The second-order valence-corrected chi connectivity index (χ2v) is 4.64. The summed E-state index contributed by atoms with van der Waals surface area (Å²) in [6.45, 7) is 4.34. The molecule has 0 spiro atoms. The van der Waals surface area contributed by atoms with E-state index in [1.54, 1.807) is 0 Å². The van der Waals surface area contributed by atoms with Gasteiger partial charge in [-0.2, -0.15) is 0 Å². The van der Waals surface area contributed by atoms with Gasteiger partial charge in [-0.25, -0.2) is 0 Å². The molecule has 0 saturated heterocycles. The molecule has 1 rings (SSSR count). The van der Waals surface area contributed by atoms with E-state index in [1.807, 2.05) is 0 Å². The van der Waals surface area contributed by atoms with Crippen LogP contribution >= 0.6 is 38.5 Å². The molecule has 0 aliphatic heterocycles. The Hall–Kier alpha value is 0.430. The van der Waals surface area contributed by atoms with Crippen molar-refractivity contribution in [3.05, 3.63) is 31.3 Å². The molecular weight excluding hydrogens is 315 g/mol. The number of hydrogen-bond donors (Lipinski definition) is 0. The van der Waals surface area contributed by atoms with Gasteiger partial charge in [-0.05, 0) is 59.2 Å². The predicted octanol–water partition coefficient (Wildman–Crippen LogP) is 3.92. The molecule has 0 fully saturated rings. The maximum atomic E-state index is 3.55. The van der Waals surface area contributed by atoms with Gasteiger partial charge in [0.1, 0.15) is 0 Å². The van der Waals surface area contributed by atoms with Crippen molar-refractivity contribution in [3.63, 3.8) is 0 Å². The number of rotatable bonds is 1. The smallest absolute Gasteiger partial charge is 0.0220 e. The summed E-state index contributed by atoms with van der Waals surface area (Å²) in [6, 6.07) is 4.37. The van der Waals surface area contributed by atoms with Crippen LogP contribution in [0.15, 0.2) is 16.6 Å².